The van der Waals surface area contributed by atoms with E-state index >= 15 is 0 Å². The van der Waals surface area contributed by atoms with Crippen molar-refractivity contribution in [3.05, 3.63) is 83.3 Å². The lowest BCUT2D eigenvalue weighted by Gasteiger charge is -2.22. The van der Waals surface area contributed by atoms with E-state index in [4.69, 9.17) is 5.26 Å². The summed E-state index contributed by atoms with van der Waals surface area (Å²) in [5.74, 6) is 0. The van der Waals surface area contributed by atoms with Crippen LogP contribution in [0.15, 0.2) is 82.0 Å². The maximum atomic E-state index is 13.0. The zero-order chi connectivity index (χ0) is 19.9. The molecule has 0 radical (unpaired) electrons. The highest BCUT2D eigenvalue weighted by Gasteiger charge is 2.24. The zero-order valence-corrected chi connectivity index (χ0v) is 17.1. The molecule has 0 aliphatic rings. The summed E-state index contributed by atoms with van der Waals surface area (Å²) in [5.41, 5.74) is 2.13. The van der Waals surface area contributed by atoms with Gasteiger partial charge >= 0.3 is 0 Å². The second-order valence-corrected chi connectivity index (χ2v) is 9.19. The predicted molar refractivity (Wildman–Crippen MR) is 111 cm³/mol. The summed E-state index contributed by atoms with van der Waals surface area (Å²) >= 11 is 1.39. The maximum Gasteiger partial charge on any atom is 0.243 e. The van der Waals surface area contributed by atoms with E-state index in [0.717, 1.165) is 16.0 Å². The molecular formula is C21H22N2O2S2. The van der Waals surface area contributed by atoms with E-state index in [1.165, 1.54) is 22.1 Å². The van der Waals surface area contributed by atoms with E-state index < -0.39 is 10.0 Å². The van der Waals surface area contributed by atoms with Crippen molar-refractivity contribution in [2.45, 2.75) is 23.6 Å². The summed E-state index contributed by atoms with van der Waals surface area (Å²) in [6.45, 7) is 7.84. The van der Waals surface area contributed by atoms with Gasteiger partial charge in [-0.25, -0.2) is 8.42 Å². The van der Waals surface area contributed by atoms with Gasteiger partial charge in [0.1, 0.15) is 0 Å². The average Bonchev–Trinajstić information content (AvgIpc) is 2.63. The van der Waals surface area contributed by atoms with Crippen LogP contribution in [-0.2, 0) is 10.0 Å². The summed E-state index contributed by atoms with van der Waals surface area (Å²) < 4.78 is 27.4. The summed E-state index contributed by atoms with van der Waals surface area (Å²) in [5, 5.41) is 9.12. The second-order valence-electron chi connectivity index (χ2n) is 6.05. The third kappa shape index (κ3) is 5.83. The molecule has 0 fully saturated rings. The molecule has 0 aromatic heterocycles. The number of allylic oxidation sites excluding steroid dienone is 1. The predicted octanol–water partition coefficient (Wildman–Crippen LogP) is 4.68. The molecule has 0 unspecified atom stereocenters. The third-order valence-corrected chi connectivity index (χ3v) is 6.66. The molecule has 2 rings (SSSR count). The second kappa shape index (κ2) is 9.56. The first kappa shape index (κ1) is 21.0. The highest BCUT2D eigenvalue weighted by atomic mass is 32.2. The molecule has 0 saturated heterocycles. The number of thioether (sulfide) groups is 1. The normalized spacial score (nSPS) is 12.0. The summed E-state index contributed by atoms with van der Waals surface area (Å²) in [7, 11) is -3.69. The fourth-order valence-corrected chi connectivity index (χ4v) is 4.74. The Kier molecular flexibility index (Phi) is 7.43. The van der Waals surface area contributed by atoms with Crippen LogP contribution in [0.3, 0.4) is 0 Å². The van der Waals surface area contributed by atoms with Gasteiger partial charge in [-0.3, -0.25) is 0 Å². The lowest BCUT2D eigenvalue weighted by Crippen LogP contribution is -2.32. The molecule has 0 amide bonds. The van der Waals surface area contributed by atoms with Crippen molar-refractivity contribution in [3.8, 4) is 6.07 Å². The first-order valence-electron chi connectivity index (χ1n) is 8.37. The van der Waals surface area contributed by atoms with Crippen LogP contribution in [-0.4, -0.2) is 25.8 Å². The summed E-state index contributed by atoms with van der Waals surface area (Å²) in [6.07, 6.45) is 2.94. The van der Waals surface area contributed by atoms with Gasteiger partial charge in [-0.05, 0) is 38.1 Å². The Bertz CT molecular complexity index is 955. The maximum absolute atomic E-state index is 13.0. The van der Waals surface area contributed by atoms with E-state index in [1.54, 1.807) is 30.3 Å². The molecule has 0 aliphatic carbocycles. The molecule has 4 nitrogen and oxygen atoms in total. The van der Waals surface area contributed by atoms with Crippen molar-refractivity contribution in [1.29, 1.82) is 5.26 Å². The first-order chi connectivity index (χ1) is 12.9. The Morgan fingerprint density at radius 2 is 1.67 bits per heavy atom. The number of nitriles is 1. The molecule has 6 heteroatoms. The number of nitrogens with zero attached hydrogens (tertiary/aromatic N) is 2. The van der Waals surface area contributed by atoms with Crippen molar-refractivity contribution < 1.29 is 8.42 Å². The van der Waals surface area contributed by atoms with Crippen molar-refractivity contribution in [3.63, 3.8) is 0 Å². The van der Waals surface area contributed by atoms with Gasteiger partial charge in [-0.1, -0.05) is 53.2 Å². The van der Waals surface area contributed by atoms with Crippen LogP contribution in [0.5, 0.6) is 0 Å². The lowest BCUT2D eigenvalue weighted by atomic mass is 10.2. The molecule has 0 atom stereocenters. The molecule has 2 aromatic rings. The van der Waals surface area contributed by atoms with Gasteiger partial charge < -0.3 is 0 Å². The molecule has 0 saturated carbocycles. The molecule has 0 heterocycles. The smallest absolute Gasteiger partial charge is 0.207 e. The Labute approximate surface area is 165 Å². The van der Waals surface area contributed by atoms with Crippen LogP contribution in [0.1, 0.15) is 11.1 Å². The van der Waals surface area contributed by atoms with Crippen molar-refractivity contribution in [1.82, 2.24) is 4.31 Å². The Balaban J connectivity index is 2.29. The van der Waals surface area contributed by atoms with E-state index in [1.807, 2.05) is 44.2 Å². The van der Waals surface area contributed by atoms with Crippen molar-refractivity contribution >= 4 is 21.8 Å². The van der Waals surface area contributed by atoms with Gasteiger partial charge in [0.15, 0.2) is 0 Å². The topological polar surface area (TPSA) is 61.2 Å². The lowest BCUT2D eigenvalue weighted by molar-refractivity contribution is 0.472. The van der Waals surface area contributed by atoms with E-state index in [-0.39, 0.29) is 18.0 Å². The van der Waals surface area contributed by atoms with Crippen LogP contribution in [0.2, 0.25) is 0 Å². The van der Waals surface area contributed by atoms with E-state index in [9.17, 15) is 8.42 Å². The minimum atomic E-state index is -3.69. The van der Waals surface area contributed by atoms with Gasteiger partial charge in [0.05, 0.1) is 11.0 Å². The van der Waals surface area contributed by atoms with Crippen molar-refractivity contribution in [2.75, 3.05) is 13.1 Å². The van der Waals surface area contributed by atoms with E-state index in [0.29, 0.717) is 4.91 Å². The van der Waals surface area contributed by atoms with Crippen LogP contribution in [0.25, 0.3) is 0 Å². The Morgan fingerprint density at radius 1 is 1.11 bits per heavy atom. The molecule has 2 aromatic carbocycles. The van der Waals surface area contributed by atoms with Crippen LogP contribution < -0.4 is 0 Å². The molecule has 0 bridgehead atoms. The van der Waals surface area contributed by atoms with Gasteiger partial charge in [-0.15, -0.1) is 6.58 Å². The SMILES string of the molecule is C=CCN(C/C(=C/C#N)Sc1ccc(C)cc1)S(=O)(=O)c1ccc(C)cc1. The van der Waals surface area contributed by atoms with Gasteiger partial charge in [0.25, 0.3) is 0 Å². The Morgan fingerprint density at radius 3 is 2.19 bits per heavy atom. The number of hydrogen-bond donors (Lipinski definition) is 0. The molecule has 27 heavy (non-hydrogen) atoms. The minimum Gasteiger partial charge on any atom is -0.207 e. The molecule has 0 aliphatic heterocycles. The van der Waals surface area contributed by atoms with Gasteiger partial charge in [-0.2, -0.15) is 9.57 Å². The Hall–Kier alpha value is -2.33. The van der Waals surface area contributed by atoms with Gasteiger partial charge in [0, 0.05) is 29.0 Å². The fraction of sp³-hybridized carbons (Fsp3) is 0.190. The summed E-state index contributed by atoms with van der Waals surface area (Å²) in [4.78, 5) is 1.83. The number of sulfonamides is 1. The zero-order valence-electron chi connectivity index (χ0n) is 15.4. The van der Waals surface area contributed by atoms with E-state index in [2.05, 4.69) is 6.58 Å². The monoisotopic (exact) mass is 398 g/mol. The van der Waals surface area contributed by atoms with Crippen LogP contribution in [0.4, 0.5) is 0 Å². The van der Waals surface area contributed by atoms with Crippen LogP contribution >= 0.6 is 11.8 Å². The molecule has 0 N–H and O–H groups in total. The number of aryl methyl sites for hydroxylation is 2. The number of rotatable bonds is 8. The average molecular weight is 399 g/mol. The highest BCUT2D eigenvalue weighted by molar-refractivity contribution is 8.03. The molecular weight excluding hydrogens is 376 g/mol. The highest BCUT2D eigenvalue weighted by Crippen LogP contribution is 2.29. The third-order valence-electron chi connectivity index (χ3n) is 3.82. The van der Waals surface area contributed by atoms with Crippen molar-refractivity contribution in [2.24, 2.45) is 0 Å². The number of hydrogen-bond acceptors (Lipinski definition) is 4. The fourth-order valence-electron chi connectivity index (χ4n) is 2.36. The molecule has 140 valence electrons. The standard InChI is InChI=1S/C21H22N2O2S2/c1-4-15-23(27(24,25)21-11-7-18(3)8-12-21)16-20(13-14-22)26-19-9-5-17(2)6-10-19/h4-13H,1,15-16H2,2-3H3/b20-13-. The minimum absolute atomic E-state index is 0.105. The first-order valence-corrected chi connectivity index (χ1v) is 10.6. The quantitative estimate of drug-likeness (QED) is 0.368. The largest absolute Gasteiger partial charge is 0.243 e. The number of benzene rings is 2. The van der Waals surface area contributed by atoms with Crippen LogP contribution in [0, 0.1) is 25.2 Å². The molecule has 0 spiro atoms. The van der Waals surface area contributed by atoms with Gasteiger partial charge in [0.2, 0.25) is 10.0 Å². The summed E-state index contributed by atoms with van der Waals surface area (Å²) in [6, 6.07) is 16.6.